The van der Waals surface area contributed by atoms with Crippen LogP contribution in [0.15, 0.2) is 54.9 Å². The molecule has 1 heterocycles. The van der Waals surface area contributed by atoms with Crippen molar-refractivity contribution < 1.29 is 9.53 Å². The van der Waals surface area contributed by atoms with Gasteiger partial charge >= 0.3 is 0 Å². The van der Waals surface area contributed by atoms with Crippen molar-refractivity contribution in [2.45, 2.75) is 0 Å². The third-order valence-electron chi connectivity index (χ3n) is 3.94. The van der Waals surface area contributed by atoms with E-state index in [1.807, 2.05) is 25.1 Å². The molecule has 0 saturated carbocycles. The van der Waals surface area contributed by atoms with E-state index in [9.17, 15) is 4.79 Å². The first-order valence-electron chi connectivity index (χ1n) is 8.26. The predicted octanol–water partition coefficient (Wildman–Crippen LogP) is 4.50. The van der Waals surface area contributed by atoms with Gasteiger partial charge in [0.05, 0.1) is 5.02 Å². The third kappa shape index (κ3) is 5.32. The molecule has 5 nitrogen and oxygen atoms in total. The van der Waals surface area contributed by atoms with E-state index in [-0.39, 0.29) is 18.3 Å². The van der Waals surface area contributed by atoms with Crippen LogP contribution < -0.4 is 10.1 Å². The second-order valence-corrected chi connectivity index (χ2v) is 6.55. The molecule has 2 aromatic carbocycles. The summed E-state index contributed by atoms with van der Waals surface area (Å²) in [7, 11) is 3.99. The van der Waals surface area contributed by atoms with Crippen molar-refractivity contribution in [2.75, 3.05) is 32.6 Å². The quantitative estimate of drug-likeness (QED) is 0.655. The smallest absolute Gasteiger partial charge is 0.255 e. The van der Waals surface area contributed by atoms with Crippen molar-refractivity contribution in [1.29, 1.82) is 0 Å². The highest BCUT2D eigenvalue weighted by Gasteiger charge is 2.10. The molecule has 7 heteroatoms. The van der Waals surface area contributed by atoms with Crippen LogP contribution in [0.3, 0.4) is 0 Å². The number of benzene rings is 2. The molecule has 0 aliphatic carbocycles. The van der Waals surface area contributed by atoms with E-state index in [2.05, 4.69) is 10.3 Å². The van der Waals surface area contributed by atoms with Crippen molar-refractivity contribution in [2.24, 2.45) is 0 Å². The zero-order valence-corrected chi connectivity index (χ0v) is 16.7. The van der Waals surface area contributed by atoms with Gasteiger partial charge in [-0.1, -0.05) is 11.6 Å². The van der Waals surface area contributed by atoms with E-state index < -0.39 is 0 Å². The lowest BCUT2D eigenvalue weighted by molar-refractivity contribution is 0.102. The first-order valence-corrected chi connectivity index (χ1v) is 8.63. The van der Waals surface area contributed by atoms with Gasteiger partial charge in [-0.05, 0) is 56.6 Å². The maximum Gasteiger partial charge on any atom is 0.255 e. The number of pyridine rings is 1. The highest BCUT2D eigenvalue weighted by Crippen LogP contribution is 2.29. The molecule has 1 amide bonds. The number of aromatic nitrogens is 1. The van der Waals surface area contributed by atoms with E-state index in [0.29, 0.717) is 22.9 Å². The van der Waals surface area contributed by atoms with Gasteiger partial charge in [-0.3, -0.25) is 9.78 Å². The Bertz CT molecular complexity index is 915. The maximum absolute atomic E-state index is 12.6. The van der Waals surface area contributed by atoms with Gasteiger partial charge in [0.2, 0.25) is 0 Å². The summed E-state index contributed by atoms with van der Waals surface area (Å²) >= 11 is 6.19. The van der Waals surface area contributed by atoms with E-state index >= 15 is 0 Å². The van der Waals surface area contributed by atoms with Crippen molar-refractivity contribution in [3.8, 4) is 5.75 Å². The summed E-state index contributed by atoms with van der Waals surface area (Å²) in [5.74, 6) is 0.552. The number of nitrogens with zero attached hydrogens (tertiary/aromatic N) is 2. The second-order valence-electron chi connectivity index (χ2n) is 6.15. The Morgan fingerprint density at radius 3 is 2.56 bits per heavy atom. The van der Waals surface area contributed by atoms with Gasteiger partial charge in [0, 0.05) is 41.0 Å². The molecule has 27 heavy (non-hydrogen) atoms. The summed E-state index contributed by atoms with van der Waals surface area (Å²) in [4.78, 5) is 18.7. The largest absolute Gasteiger partial charge is 0.492 e. The SMILES string of the molecule is CN(C)CCOc1ccc(C(=O)Nc2ccc(Cl)c3cnccc23)cc1.Cl. The molecule has 0 aliphatic heterocycles. The van der Waals surface area contributed by atoms with Gasteiger partial charge < -0.3 is 15.0 Å². The van der Waals surface area contributed by atoms with E-state index in [1.54, 1.807) is 48.8 Å². The molecular formula is C20H21Cl2N3O2. The number of hydrogen-bond donors (Lipinski definition) is 1. The number of ether oxygens (including phenoxy) is 1. The minimum Gasteiger partial charge on any atom is -0.492 e. The topological polar surface area (TPSA) is 54.5 Å². The molecule has 0 atom stereocenters. The molecular weight excluding hydrogens is 385 g/mol. The molecule has 1 N–H and O–H groups in total. The fourth-order valence-corrected chi connectivity index (χ4v) is 2.72. The molecule has 0 fully saturated rings. The molecule has 0 unspecified atom stereocenters. The summed E-state index contributed by atoms with van der Waals surface area (Å²) in [6.07, 6.45) is 3.36. The van der Waals surface area contributed by atoms with Gasteiger partial charge in [-0.25, -0.2) is 0 Å². The molecule has 0 bridgehead atoms. The Hall–Kier alpha value is -2.34. The Balaban J connectivity index is 0.00000261. The minimum atomic E-state index is -0.190. The average Bonchev–Trinajstić information content (AvgIpc) is 2.64. The number of halogens is 2. The number of likely N-dealkylation sites (N-methyl/N-ethyl adjacent to an activating group) is 1. The predicted molar refractivity (Wildman–Crippen MR) is 112 cm³/mol. The average molecular weight is 406 g/mol. The Morgan fingerprint density at radius 2 is 1.85 bits per heavy atom. The van der Waals surface area contributed by atoms with Crippen molar-refractivity contribution >= 4 is 46.4 Å². The summed E-state index contributed by atoms with van der Waals surface area (Å²) in [5.41, 5.74) is 1.25. The van der Waals surface area contributed by atoms with Gasteiger partial charge in [0.1, 0.15) is 12.4 Å². The monoisotopic (exact) mass is 405 g/mol. The Labute approximate surface area is 169 Å². The molecule has 0 spiro atoms. The van der Waals surface area contributed by atoms with Crippen molar-refractivity contribution in [1.82, 2.24) is 9.88 Å². The number of nitrogens with one attached hydrogen (secondary N) is 1. The highest BCUT2D eigenvalue weighted by atomic mass is 35.5. The van der Waals surface area contributed by atoms with Gasteiger partial charge in [-0.15, -0.1) is 12.4 Å². The van der Waals surface area contributed by atoms with E-state index in [1.165, 1.54) is 0 Å². The fourth-order valence-electron chi connectivity index (χ4n) is 2.51. The summed E-state index contributed by atoms with van der Waals surface area (Å²) in [6, 6.07) is 12.5. The number of rotatable bonds is 6. The van der Waals surface area contributed by atoms with Crippen LogP contribution in [0.1, 0.15) is 10.4 Å². The van der Waals surface area contributed by atoms with Crippen LogP contribution in [0.2, 0.25) is 5.02 Å². The molecule has 0 saturated heterocycles. The van der Waals surface area contributed by atoms with Crippen LogP contribution in [0, 0.1) is 0 Å². The van der Waals surface area contributed by atoms with Gasteiger partial charge in [-0.2, -0.15) is 0 Å². The number of hydrogen-bond acceptors (Lipinski definition) is 4. The number of carbonyl (C=O) groups is 1. The number of anilines is 1. The van der Waals surface area contributed by atoms with Crippen LogP contribution in [0.5, 0.6) is 5.75 Å². The van der Waals surface area contributed by atoms with Crippen LogP contribution in [-0.4, -0.2) is 43.0 Å². The highest BCUT2D eigenvalue weighted by molar-refractivity contribution is 6.36. The molecule has 3 aromatic rings. The van der Waals surface area contributed by atoms with Gasteiger partial charge in [0.15, 0.2) is 0 Å². The zero-order valence-electron chi connectivity index (χ0n) is 15.1. The first kappa shape index (κ1) is 21.0. The summed E-state index contributed by atoms with van der Waals surface area (Å²) in [5, 5.41) is 5.19. The standard InChI is InChI=1S/C20H20ClN3O2.ClH/c1-24(2)11-12-26-15-5-3-14(4-6-15)20(25)23-19-8-7-18(21)17-13-22-10-9-16(17)19;/h3-10,13H,11-12H2,1-2H3,(H,23,25);1H. The molecule has 0 aliphatic rings. The summed E-state index contributed by atoms with van der Waals surface area (Å²) in [6.45, 7) is 1.43. The number of carbonyl (C=O) groups excluding carboxylic acids is 1. The Morgan fingerprint density at radius 1 is 1.11 bits per heavy atom. The molecule has 142 valence electrons. The Kier molecular flexibility index (Phi) is 7.42. The van der Waals surface area contributed by atoms with Crippen LogP contribution in [0.4, 0.5) is 5.69 Å². The van der Waals surface area contributed by atoms with Gasteiger partial charge in [0.25, 0.3) is 5.91 Å². The van der Waals surface area contributed by atoms with Crippen molar-refractivity contribution in [3.05, 3.63) is 65.4 Å². The lowest BCUT2D eigenvalue weighted by Gasteiger charge is -2.12. The molecule has 0 radical (unpaired) electrons. The summed E-state index contributed by atoms with van der Waals surface area (Å²) < 4.78 is 5.65. The molecule has 1 aromatic heterocycles. The fraction of sp³-hybridized carbons (Fsp3) is 0.200. The van der Waals surface area contributed by atoms with Crippen LogP contribution in [0.25, 0.3) is 10.8 Å². The van der Waals surface area contributed by atoms with Crippen molar-refractivity contribution in [3.63, 3.8) is 0 Å². The third-order valence-corrected chi connectivity index (χ3v) is 4.27. The lowest BCUT2D eigenvalue weighted by Crippen LogP contribution is -2.19. The number of fused-ring (bicyclic) bond motifs is 1. The zero-order chi connectivity index (χ0) is 18.5. The van der Waals surface area contributed by atoms with E-state index in [0.717, 1.165) is 23.1 Å². The van der Waals surface area contributed by atoms with Crippen LogP contribution >= 0.6 is 24.0 Å². The lowest BCUT2D eigenvalue weighted by atomic mass is 10.1. The van der Waals surface area contributed by atoms with Crippen LogP contribution in [-0.2, 0) is 0 Å². The number of amides is 1. The molecule has 3 rings (SSSR count). The maximum atomic E-state index is 12.6. The minimum absolute atomic E-state index is 0. The second kappa shape index (κ2) is 9.55. The first-order chi connectivity index (χ1) is 12.5. The van der Waals surface area contributed by atoms with E-state index in [4.69, 9.17) is 16.3 Å². The normalized spacial score (nSPS) is 10.5.